The molecule has 0 aliphatic heterocycles. The van der Waals surface area contributed by atoms with Gasteiger partial charge in [0.15, 0.2) is 5.82 Å². The highest BCUT2D eigenvalue weighted by Gasteiger charge is 2.18. The van der Waals surface area contributed by atoms with Gasteiger partial charge in [0.2, 0.25) is 5.82 Å². The first-order valence-corrected chi connectivity index (χ1v) is 9.49. The average molecular weight is 378 g/mol. The number of hydrogen-bond acceptors (Lipinski definition) is 5. The Labute approximate surface area is 160 Å². The van der Waals surface area contributed by atoms with Crippen LogP contribution < -0.4 is 5.32 Å². The molecule has 0 bridgehead atoms. The largest absolute Gasteiger partial charge is 0.349 e. The van der Waals surface area contributed by atoms with Crippen molar-refractivity contribution < 1.29 is 4.79 Å². The van der Waals surface area contributed by atoms with E-state index in [4.69, 9.17) is 0 Å². The zero-order chi connectivity index (χ0) is 18.5. The highest BCUT2D eigenvalue weighted by atomic mass is 32.1. The van der Waals surface area contributed by atoms with E-state index in [1.807, 2.05) is 58.6 Å². The molecule has 1 amide bonds. The van der Waals surface area contributed by atoms with Crippen LogP contribution in [0.5, 0.6) is 0 Å². The zero-order valence-corrected chi connectivity index (χ0v) is 15.3. The van der Waals surface area contributed by atoms with E-state index >= 15 is 0 Å². The molecule has 0 fully saturated rings. The molecule has 0 spiro atoms. The number of rotatable bonds is 7. The van der Waals surface area contributed by atoms with E-state index in [2.05, 4.69) is 20.4 Å². The summed E-state index contributed by atoms with van der Waals surface area (Å²) in [7, 11) is 0. The highest BCUT2D eigenvalue weighted by molar-refractivity contribution is 7.13. The van der Waals surface area contributed by atoms with Crippen molar-refractivity contribution in [3.05, 3.63) is 72.4 Å². The number of imidazole rings is 1. The van der Waals surface area contributed by atoms with Crippen molar-refractivity contribution in [1.29, 1.82) is 0 Å². The number of benzene rings is 1. The molecule has 0 unspecified atom stereocenters. The van der Waals surface area contributed by atoms with Gasteiger partial charge in [0.25, 0.3) is 5.91 Å². The second-order valence-corrected chi connectivity index (χ2v) is 6.84. The Hall–Kier alpha value is -3.26. The third kappa shape index (κ3) is 3.95. The third-order valence-electron chi connectivity index (χ3n) is 3.99. The van der Waals surface area contributed by atoms with E-state index in [-0.39, 0.29) is 11.7 Å². The van der Waals surface area contributed by atoms with Crippen molar-refractivity contribution in [1.82, 2.24) is 29.6 Å². The molecule has 4 aromatic rings. The van der Waals surface area contributed by atoms with Gasteiger partial charge in [-0.05, 0) is 30.0 Å². The van der Waals surface area contributed by atoms with Crippen LogP contribution in [0, 0.1) is 0 Å². The van der Waals surface area contributed by atoms with Gasteiger partial charge in [-0.25, -0.2) is 14.6 Å². The molecule has 136 valence electrons. The molecule has 0 saturated carbocycles. The summed E-state index contributed by atoms with van der Waals surface area (Å²) in [5.74, 6) is 0.567. The molecule has 3 aromatic heterocycles. The normalized spacial score (nSPS) is 10.8. The summed E-state index contributed by atoms with van der Waals surface area (Å²) in [4.78, 5) is 22.0. The van der Waals surface area contributed by atoms with Gasteiger partial charge in [-0.3, -0.25) is 4.79 Å². The maximum absolute atomic E-state index is 12.5. The Morgan fingerprint density at radius 2 is 2.04 bits per heavy atom. The number of amides is 1. The lowest BCUT2D eigenvalue weighted by atomic mass is 10.3. The molecule has 1 N–H and O–H groups in total. The molecule has 3 heterocycles. The molecule has 27 heavy (non-hydrogen) atoms. The van der Waals surface area contributed by atoms with Gasteiger partial charge >= 0.3 is 0 Å². The van der Waals surface area contributed by atoms with Crippen molar-refractivity contribution >= 4 is 17.2 Å². The maximum Gasteiger partial charge on any atom is 0.290 e. The molecule has 8 heteroatoms. The van der Waals surface area contributed by atoms with Crippen LogP contribution in [0.4, 0.5) is 0 Å². The minimum Gasteiger partial charge on any atom is -0.349 e. The molecule has 0 aliphatic rings. The number of thiophene rings is 1. The number of hydrogen-bond donors (Lipinski definition) is 1. The van der Waals surface area contributed by atoms with Gasteiger partial charge < -0.3 is 9.88 Å². The number of nitrogens with zero attached hydrogens (tertiary/aromatic N) is 5. The van der Waals surface area contributed by atoms with Crippen LogP contribution in [0.2, 0.25) is 0 Å². The molecule has 0 saturated heterocycles. The van der Waals surface area contributed by atoms with E-state index < -0.39 is 0 Å². The maximum atomic E-state index is 12.5. The molecule has 1 aromatic carbocycles. The average Bonchev–Trinajstić information content (AvgIpc) is 3.47. The molecule has 0 atom stereocenters. The first-order chi connectivity index (χ1) is 13.3. The Morgan fingerprint density at radius 1 is 1.15 bits per heavy atom. The van der Waals surface area contributed by atoms with Crippen molar-refractivity contribution in [2.45, 2.75) is 13.0 Å². The molecule has 0 radical (unpaired) electrons. The number of carbonyl (C=O) groups excluding carboxylic acids is 1. The van der Waals surface area contributed by atoms with E-state index in [0.29, 0.717) is 12.4 Å². The molecular weight excluding hydrogens is 360 g/mol. The van der Waals surface area contributed by atoms with Crippen LogP contribution >= 0.6 is 11.3 Å². The third-order valence-corrected chi connectivity index (χ3v) is 4.86. The quantitative estimate of drug-likeness (QED) is 0.502. The summed E-state index contributed by atoms with van der Waals surface area (Å²) < 4.78 is 3.69. The number of aromatic nitrogens is 5. The van der Waals surface area contributed by atoms with Crippen molar-refractivity contribution in [3.8, 4) is 16.4 Å². The minimum absolute atomic E-state index is 0.171. The lowest BCUT2D eigenvalue weighted by molar-refractivity contribution is 0.0942. The van der Waals surface area contributed by atoms with Gasteiger partial charge in [0.1, 0.15) is 0 Å². The first kappa shape index (κ1) is 17.2. The van der Waals surface area contributed by atoms with E-state index in [9.17, 15) is 4.79 Å². The Balaban J connectivity index is 1.50. The summed E-state index contributed by atoms with van der Waals surface area (Å²) in [6.07, 6.45) is 6.21. The van der Waals surface area contributed by atoms with Crippen LogP contribution in [0.25, 0.3) is 16.4 Å². The SMILES string of the molecule is O=C(NCCCn1ccnc1)c1nc(-c2cccs2)n(-c2ccccc2)n1. The summed E-state index contributed by atoms with van der Waals surface area (Å²) in [6, 6.07) is 13.6. The first-order valence-electron chi connectivity index (χ1n) is 8.61. The van der Waals surface area contributed by atoms with Crippen LogP contribution in [0.3, 0.4) is 0 Å². The molecule has 4 rings (SSSR count). The number of nitrogens with one attached hydrogen (secondary N) is 1. The summed E-state index contributed by atoms with van der Waals surface area (Å²) in [5.41, 5.74) is 0.868. The van der Waals surface area contributed by atoms with Gasteiger partial charge in [0.05, 0.1) is 16.9 Å². The lowest BCUT2D eigenvalue weighted by Crippen LogP contribution is -2.26. The summed E-state index contributed by atoms with van der Waals surface area (Å²) in [5, 5.41) is 9.32. The lowest BCUT2D eigenvalue weighted by Gasteiger charge is -2.04. The number of carbonyl (C=O) groups is 1. The highest BCUT2D eigenvalue weighted by Crippen LogP contribution is 2.25. The monoisotopic (exact) mass is 378 g/mol. The van der Waals surface area contributed by atoms with E-state index in [1.54, 1.807) is 28.5 Å². The standard InChI is InChI=1S/C19H18N6OS/c26-19(21-9-5-11-24-12-10-20-14-24)17-22-18(16-8-4-13-27-16)25(23-17)15-6-2-1-3-7-15/h1-4,6-8,10,12-14H,5,9,11H2,(H,21,26). The molecular formula is C19H18N6OS. The second kappa shape index (κ2) is 7.96. The smallest absolute Gasteiger partial charge is 0.290 e. The van der Waals surface area contributed by atoms with Gasteiger partial charge in [-0.2, -0.15) is 0 Å². The van der Waals surface area contributed by atoms with Gasteiger partial charge in [-0.1, -0.05) is 24.3 Å². The zero-order valence-electron chi connectivity index (χ0n) is 14.5. The fourth-order valence-corrected chi connectivity index (χ4v) is 3.38. The van der Waals surface area contributed by atoms with Crippen LogP contribution in [0.15, 0.2) is 66.6 Å². The Kier molecular flexibility index (Phi) is 5.06. The Bertz CT molecular complexity index is 992. The topological polar surface area (TPSA) is 77.6 Å². The van der Waals surface area contributed by atoms with Gasteiger partial charge in [-0.15, -0.1) is 16.4 Å². The predicted molar refractivity (Wildman–Crippen MR) is 104 cm³/mol. The van der Waals surface area contributed by atoms with Crippen LogP contribution in [-0.2, 0) is 6.54 Å². The minimum atomic E-state index is -0.270. The molecule has 7 nitrogen and oxygen atoms in total. The van der Waals surface area contributed by atoms with E-state index in [0.717, 1.165) is 23.5 Å². The fraction of sp³-hybridized carbons (Fsp3) is 0.158. The Morgan fingerprint density at radius 3 is 2.78 bits per heavy atom. The summed E-state index contributed by atoms with van der Waals surface area (Å²) in [6.45, 7) is 1.35. The van der Waals surface area contributed by atoms with Crippen molar-refractivity contribution in [3.63, 3.8) is 0 Å². The number of aryl methyl sites for hydroxylation is 1. The van der Waals surface area contributed by atoms with Gasteiger partial charge in [0, 0.05) is 25.5 Å². The predicted octanol–water partition coefficient (Wildman–Crippen LogP) is 3.01. The number of para-hydroxylation sites is 1. The molecule has 0 aliphatic carbocycles. The summed E-state index contributed by atoms with van der Waals surface area (Å²) >= 11 is 1.57. The fourth-order valence-electron chi connectivity index (χ4n) is 2.68. The van der Waals surface area contributed by atoms with Crippen molar-refractivity contribution in [2.75, 3.05) is 6.54 Å². The van der Waals surface area contributed by atoms with Crippen LogP contribution in [-0.4, -0.2) is 36.8 Å². The van der Waals surface area contributed by atoms with Crippen molar-refractivity contribution in [2.24, 2.45) is 0 Å². The van der Waals surface area contributed by atoms with Crippen LogP contribution in [0.1, 0.15) is 17.0 Å². The van der Waals surface area contributed by atoms with E-state index in [1.165, 1.54) is 0 Å². The second-order valence-electron chi connectivity index (χ2n) is 5.89.